The van der Waals surface area contributed by atoms with Crippen molar-refractivity contribution < 1.29 is 4.42 Å². The van der Waals surface area contributed by atoms with Crippen molar-refractivity contribution in [2.24, 2.45) is 0 Å². The van der Waals surface area contributed by atoms with Crippen LogP contribution in [0.4, 0.5) is 0 Å². The van der Waals surface area contributed by atoms with Crippen LogP contribution in [0.2, 0.25) is 0 Å². The fraction of sp³-hybridized carbons (Fsp3) is 0. The SMILES string of the molecule is c1ccc(-c2nc(-c3ccc4c(ccc5c6ccccc6ccc45)c3)nc(-c3ccc(-c4cccc5ccccc45)c4oc5ccccc5c34)n2)cc1. The molecule has 2 aromatic heterocycles. The standard InChI is InChI=1S/C49H29N3O/c1-2-13-32(14-3-1)47-50-48(34-23-24-37-33(29-34)22-26-39-36-17-7-5-12-31(36)21-25-40(37)39)52-49(51-47)43-28-27-41(38-19-10-15-30-11-4-6-16-35(30)38)46-45(43)42-18-8-9-20-44(42)53-46/h1-29H. The Morgan fingerprint density at radius 3 is 1.74 bits per heavy atom. The zero-order valence-corrected chi connectivity index (χ0v) is 28.5. The monoisotopic (exact) mass is 675 g/mol. The topological polar surface area (TPSA) is 51.8 Å². The zero-order chi connectivity index (χ0) is 34.9. The van der Waals surface area contributed by atoms with Crippen molar-refractivity contribution in [3.05, 3.63) is 176 Å². The fourth-order valence-electron chi connectivity index (χ4n) is 8.00. The molecule has 9 aromatic carbocycles. The van der Waals surface area contributed by atoms with Gasteiger partial charge < -0.3 is 4.42 Å². The van der Waals surface area contributed by atoms with E-state index in [0.717, 1.165) is 55.1 Å². The third kappa shape index (κ3) is 4.73. The maximum atomic E-state index is 6.72. The van der Waals surface area contributed by atoms with E-state index in [1.165, 1.54) is 37.7 Å². The summed E-state index contributed by atoms with van der Waals surface area (Å²) in [6, 6.07) is 61.6. The molecule has 0 aliphatic heterocycles. The molecule has 0 atom stereocenters. The van der Waals surface area contributed by atoms with E-state index in [9.17, 15) is 0 Å². The molecule has 0 radical (unpaired) electrons. The molecular weight excluding hydrogens is 647 g/mol. The summed E-state index contributed by atoms with van der Waals surface area (Å²) >= 11 is 0. The minimum Gasteiger partial charge on any atom is -0.455 e. The normalized spacial score (nSPS) is 11.8. The summed E-state index contributed by atoms with van der Waals surface area (Å²) < 4.78 is 6.72. The van der Waals surface area contributed by atoms with E-state index in [1.807, 2.05) is 42.5 Å². The molecule has 0 aliphatic rings. The maximum Gasteiger partial charge on any atom is 0.164 e. The summed E-state index contributed by atoms with van der Waals surface area (Å²) in [4.78, 5) is 15.5. The summed E-state index contributed by atoms with van der Waals surface area (Å²) in [5.74, 6) is 1.84. The number of furan rings is 1. The highest BCUT2D eigenvalue weighted by Gasteiger charge is 2.21. The van der Waals surface area contributed by atoms with Crippen molar-refractivity contribution in [1.82, 2.24) is 15.0 Å². The smallest absolute Gasteiger partial charge is 0.164 e. The van der Waals surface area contributed by atoms with E-state index in [2.05, 4.69) is 133 Å². The minimum absolute atomic E-state index is 0.597. The maximum absolute atomic E-state index is 6.72. The van der Waals surface area contributed by atoms with Crippen LogP contribution in [0, 0.1) is 0 Å². The Bertz CT molecular complexity index is 3230. The number of rotatable bonds is 4. The lowest BCUT2D eigenvalue weighted by atomic mass is 9.94. The molecule has 246 valence electrons. The molecule has 0 saturated heterocycles. The van der Waals surface area contributed by atoms with Gasteiger partial charge in [0.05, 0.1) is 0 Å². The summed E-state index contributed by atoms with van der Waals surface area (Å²) in [5.41, 5.74) is 6.54. The van der Waals surface area contributed by atoms with E-state index in [-0.39, 0.29) is 0 Å². The van der Waals surface area contributed by atoms with E-state index in [0.29, 0.717) is 17.5 Å². The number of nitrogens with zero attached hydrogens (tertiary/aromatic N) is 3. The van der Waals surface area contributed by atoms with Crippen molar-refractivity contribution in [2.75, 3.05) is 0 Å². The molecule has 0 saturated carbocycles. The van der Waals surface area contributed by atoms with Crippen molar-refractivity contribution in [3.8, 4) is 45.3 Å². The van der Waals surface area contributed by atoms with Gasteiger partial charge in [-0.05, 0) is 72.9 Å². The average Bonchev–Trinajstić information content (AvgIpc) is 3.63. The molecule has 11 aromatic rings. The number of hydrogen-bond donors (Lipinski definition) is 0. The summed E-state index contributed by atoms with van der Waals surface area (Å²) in [6.07, 6.45) is 0. The number of para-hydroxylation sites is 1. The van der Waals surface area contributed by atoms with E-state index in [1.54, 1.807) is 0 Å². The van der Waals surface area contributed by atoms with Crippen LogP contribution in [0.25, 0.3) is 110 Å². The Balaban J connectivity index is 1.14. The third-order valence-corrected chi connectivity index (χ3v) is 10.5. The molecule has 53 heavy (non-hydrogen) atoms. The summed E-state index contributed by atoms with van der Waals surface area (Å²) in [7, 11) is 0. The lowest BCUT2D eigenvalue weighted by Crippen LogP contribution is -2.00. The van der Waals surface area contributed by atoms with Crippen LogP contribution in [-0.2, 0) is 0 Å². The van der Waals surface area contributed by atoms with Crippen LogP contribution in [0.15, 0.2) is 180 Å². The second-order valence-corrected chi connectivity index (χ2v) is 13.5. The van der Waals surface area contributed by atoms with Crippen LogP contribution < -0.4 is 0 Å². The van der Waals surface area contributed by atoms with Crippen molar-refractivity contribution >= 4 is 65.0 Å². The van der Waals surface area contributed by atoms with Crippen molar-refractivity contribution in [1.29, 1.82) is 0 Å². The van der Waals surface area contributed by atoms with Gasteiger partial charge in [0, 0.05) is 33.0 Å². The first-order valence-corrected chi connectivity index (χ1v) is 17.9. The van der Waals surface area contributed by atoms with Gasteiger partial charge in [-0.1, -0.05) is 152 Å². The van der Waals surface area contributed by atoms with E-state index in [4.69, 9.17) is 19.4 Å². The van der Waals surface area contributed by atoms with E-state index >= 15 is 0 Å². The number of aromatic nitrogens is 3. The summed E-state index contributed by atoms with van der Waals surface area (Å²) in [5, 5.41) is 11.7. The average molecular weight is 676 g/mol. The fourth-order valence-corrected chi connectivity index (χ4v) is 8.00. The van der Waals surface area contributed by atoms with Crippen LogP contribution in [0.1, 0.15) is 0 Å². The van der Waals surface area contributed by atoms with Gasteiger partial charge in [-0.25, -0.2) is 15.0 Å². The van der Waals surface area contributed by atoms with Crippen LogP contribution in [0.3, 0.4) is 0 Å². The Morgan fingerprint density at radius 1 is 0.321 bits per heavy atom. The summed E-state index contributed by atoms with van der Waals surface area (Å²) in [6.45, 7) is 0. The molecule has 0 aliphatic carbocycles. The Kier molecular flexibility index (Phi) is 6.52. The van der Waals surface area contributed by atoms with Crippen LogP contribution >= 0.6 is 0 Å². The van der Waals surface area contributed by atoms with Gasteiger partial charge in [0.15, 0.2) is 17.5 Å². The molecule has 0 fully saturated rings. The molecule has 0 spiro atoms. The van der Waals surface area contributed by atoms with Gasteiger partial charge in [-0.2, -0.15) is 0 Å². The first-order valence-electron chi connectivity index (χ1n) is 17.9. The van der Waals surface area contributed by atoms with Crippen LogP contribution in [-0.4, -0.2) is 15.0 Å². The number of benzene rings is 9. The predicted molar refractivity (Wildman–Crippen MR) is 219 cm³/mol. The van der Waals surface area contributed by atoms with Gasteiger partial charge in [-0.3, -0.25) is 0 Å². The second kappa shape index (κ2) is 11.7. The van der Waals surface area contributed by atoms with Gasteiger partial charge in [0.1, 0.15) is 11.2 Å². The number of fused-ring (bicyclic) bond motifs is 9. The molecule has 4 heteroatoms. The Hall–Kier alpha value is -7.17. The predicted octanol–water partition coefficient (Wildman–Crippen LogP) is 13.1. The van der Waals surface area contributed by atoms with E-state index < -0.39 is 0 Å². The van der Waals surface area contributed by atoms with Gasteiger partial charge in [-0.15, -0.1) is 0 Å². The lowest BCUT2D eigenvalue weighted by molar-refractivity contribution is 0.670. The third-order valence-electron chi connectivity index (χ3n) is 10.5. The Labute approximate surface area is 304 Å². The van der Waals surface area contributed by atoms with Gasteiger partial charge >= 0.3 is 0 Å². The highest BCUT2D eigenvalue weighted by atomic mass is 16.3. The van der Waals surface area contributed by atoms with Gasteiger partial charge in [0.2, 0.25) is 0 Å². The zero-order valence-electron chi connectivity index (χ0n) is 28.5. The highest BCUT2D eigenvalue weighted by molar-refractivity contribution is 6.19. The quantitative estimate of drug-likeness (QED) is 0.174. The van der Waals surface area contributed by atoms with Gasteiger partial charge in [0.25, 0.3) is 0 Å². The molecule has 0 bridgehead atoms. The molecule has 11 rings (SSSR count). The lowest BCUT2D eigenvalue weighted by Gasteiger charge is -2.12. The Morgan fingerprint density at radius 2 is 0.906 bits per heavy atom. The van der Waals surface area contributed by atoms with Crippen LogP contribution in [0.5, 0.6) is 0 Å². The van der Waals surface area contributed by atoms with Crippen molar-refractivity contribution in [2.45, 2.75) is 0 Å². The molecule has 0 N–H and O–H groups in total. The first kappa shape index (κ1) is 29.5. The van der Waals surface area contributed by atoms with Crippen molar-refractivity contribution in [3.63, 3.8) is 0 Å². The second-order valence-electron chi connectivity index (χ2n) is 13.5. The molecular formula is C49H29N3O. The minimum atomic E-state index is 0.597. The molecule has 2 heterocycles. The number of hydrogen-bond acceptors (Lipinski definition) is 4. The first-order chi connectivity index (χ1) is 26.3. The molecule has 0 unspecified atom stereocenters. The highest BCUT2D eigenvalue weighted by Crippen LogP contribution is 2.43. The largest absolute Gasteiger partial charge is 0.455 e. The molecule has 4 nitrogen and oxygen atoms in total. The molecule has 0 amide bonds.